The summed E-state index contributed by atoms with van der Waals surface area (Å²) < 4.78 is 1.29. The minimum atomic E-state index is 1.08. The molecule has 0 bridgehead atoms. The van der Waals surface area contributed by atoms with Gasteiger partial charge < -0.3 is 0 Å². The van der Waals surface area contributed by atoms with Crippen LogP contribution in [0.3, 0.4) is 0 Å². The largest absolute Gasteiger partial charge is 0.290 e. The van der Waals surface area contributed by atoms with E-state index in [1.54, 1.807) is 0 Å². The highest BCUT2D eigenvalue weighted by Gasteiger charge is 1.72. The van der Waals surface area contributed by atoms with E-state index in [-0.39, 0.29) is 0 Å². The Hall–Kier alpha value is 0.430. The first-order chi connectivity index (χ1) is 2.27. The maximum Gasteiger partial charge on any atom is 0.103 e. The molecule has 2 nitrogen and oxygen atoms in total. The fourth-order valence-electron chi connectivity index (χ4n) is 0. The van der Waals surface area contributed by atoms with Gasteiger partial charge >= 0.3 is 0 Å². The van der Waals surface area contributed by atoms with E-state index in [9.17, 15) is 0 Å². The van der Waals surface area contributed by atoms with Gasteiger partial charge in [0.05, 0.1) is 32.3 Å². The molecule has 0 aromatic heterocycles. The van der Waals surface area contributed by atoms with E-state index in [1.807, 2.05) is 0 Å². The molecule has 0 aromatic carbocycles. The van der Waals surface area contributed by atoms with Crippen LogP contribution >= 0.6 is 32.3 Å². The molecule has 1 N–H and O–H groups in total. The Morgan fingerprint density at radius 2 is 1.80 bits per heavy atom. The minimum Gasteiger partial charge on any atom is -0.290 e. The zero-order valence-electron chi connectivity index (χ0n) is 2.28. The van der Waals surface area contributed by atoms with Gasteiger partial charge in [-0.2, -0.15) is 0 Å². The van der Waals surface area contributed by atoms with Gasteiger partial charge in [0.15, 0.2) is 0 Å². The van der Waals surface area contributed by atoms with Crippen LogP contribution in [0, 0.1) is 5.41 Å². The predicted molar refractivity (Wildman–Crippen MR) is 28.5 cm³/mol. The summed E-state index contributed by atoms with van der Waals surface area (Å²) in [5.41, 5.74) is 0. The third-order valence-corrected chi connectivity index (χ3v) is 0.507. The molecular formula is CH2Br2N2. The van der Waals surface area contributed by atoms with Gasteiger partial charge in [0, 0.05) is 0 Å². The number of hydrogen-bond donors (Lipinski definition) is 1. The molecule has 4 heteroatoms. The number of rotatable bonds is 1. The van der Waals surface area contributed by atoms with Crippen LogP contribution in [0.5, 0.6) is 0 Å². The summed E-state index contributed by atoms with van der Waals surface area (Å²) >= 11 is 5.76. The molecule has 0 aliphatic heterocycles. The Morgan fingerprint density at radius 1 is 1.60 bits per heavy atom. The molecule has 0 aliphatic carbocycles. The first-order valence-electron chi connectivity index (χ1n) is 0.885. The van der Waals surface area contributed by atoms with E-state index in [0.717, 1.165) is 6.34 Å². The van der Waals surface area contributed by atoms with Crippen molar-refractivity contribution in [1.29, 1.82) is 5.41 Å². The van der Waals surface area contributed by atoms with E-state index in [1.165, 1.54) is 2.95 Å². The van der Waals surface area contributed by atoms with Crippen molar-refractivity contribution in [1.82, 2.24) is 2.95 Å². The lowest BCUT2D eigenvalue weighted by molar-refractivity contribution is 1.23. The highest BCUT2D eigenvalue weighted by atomic mass is 79.9. The van der Waals surface area contributed by atoms with Gasteiger partial charge in [-0.1, -0.05) is 0 Å². The van der Waals surface area contributed by atoms with Gasteiger partial charge in [-0.05, 0) is 0 Å². The lowest BCUT2D eigenvalue weighted by atomic mass is 11.4. The standard InChI is InChI=1S/CH2Br2N2/c2-5(3)1-4/h1,4H. The van der Waals surface area contributed by atoms with Crippen LogP contribution in [0.1, 0.15) is 0 Å². The van der Waals surface area contributed by atoms with E-state index in [2.05, 4.69) is 32.3 Å². The van der Waals surface area contributed by atoms with E-state index in [0.29, 0.717) is 0 Å². The van der Waals surface area contributed by atoms with E-state index in [4.69, 9.17) is 5.41 Å². The van der Waals surface area contributed by atoms with Crippen LogP contribution in [0.25, 0.3) is 0 Å². The topological polar surface area (TPSA) is 27.1 Å². The van der Waals surface area contributed by atoms with Crippen LogP contribution in [-0.2, 0) is 0 Å². The minimum absolute atomic E-state index is 1.08. The van der Waals surface area contributed by atoms with Crippen molar-refractivity contribution in [3.8, 4) is 0 Å². The molecule has 0 radical (unpaired) electrons. The molecule has 0 atom stereocenters. The second-order valence-electron chi connectivity index (χ2n) is 0.388. The summed E-state index contributed by atoms with van der Waals surface area (Å²) in [5, 5.41) is 6.36. The monoisotopic (exact) mass is 200 g/mol. The average molecular weight is 202 g/mol. The van der Waals surface area contributed by atoms with Gasteiger partial charge in [0.1, 0.15) is 6.34 Å². The normalized spacial score (nSPS) is 6.80. The number of nitrogens with zero attached hydrogens (tertiary/aromatic N) is 1. The molecule has 0 rings (SSSR count). The van der Waals surface area contributed by atoms with Crippen LogP contribution in [0.4, 0.5) is 0 Å². The van der Waals surface area contributed by atoms with Crippen LogP contribution in [0.2, 0.25) is 0 Å². The smallest absolute Gasteiger partial charge is 0.103 e. The Labute approximate surface area is 47.3 Å². The van der Waals surface area contributed by atoms with Crippen molar-refractivity contribution in [2.24, 2.45) is 0 Å². The third kappa shape index (κ3) is 4.43. The summed E-state index contributed by atoms with van der Waals surface area (Å²) in [6, 6.07) is 0. The van der Waals surface area contributed by atoms with Crippen molar-refractivity contribution in [2.45, 2.75) is 0 Å². The van der Waals surface area contributed by atoms with Gasteiger partial charge in [-0.25, -0.2) is 2.95 Å². The third-order valence-electron chi connectivity index (χ3n) is 0.0976. The van der Waals surface area contributed by atoms with Crippen molar-refractivity contribution in [3.63, 3.8) is 0 Å². The Bertz CT molecular complexity index is 34.6. The first-order valence-corrected chi connectivity index (χ1v) is 2.30. The number of halogens is 2. The summed E-state index contributed by atoms with van der Waals surface area (Å²) in [6.07, 6.45) is 1.08. The summed E-state index contributed by atoms with van der Waals surface area (Å²) in [6.45, 7) is 0. The predicted octanol–water partition coefficient (Wildman–Crippen LogP) is 1.52. The molecule has 0 spiro atoms. The Balaban J connectivity index is 2.83. The van der Waals surface area contributed by atoms with Crippen LogP contribution in [-0.4, -0.2) is 9.29 Å². The molecule has 0 aliphatic rings. The molecule has 0 heterocycles. The van der Waals surface area contributed by atoms with Gasteiger partial charge in [-0.3, -0.25) is 5.41 Å². The molecule has 0 unspecified atom stereocenters. The molecule has 0 aromatic rings. The maximum atomic E-state index is 6.36. The van der Waals surface area contributed by atoms with Crippen molar-refractivity contribution in [2.75, 3.05) is 0 Å². The molecule has 0 fully saturated rings. The lowest BCUT2D eigenvalue weighted by Crippen LogP contribution is -1.83. The zero-order chi connectivity index (χ0) is 4.28. The van der Waals surface area contributed by atoms with Gasteiger partial charge in [0.25, 0.3) is 0 Å². The van der Waals surface area contributed by atoms with Gasteiger partial charge in [0.2, 0.25) is 0 Å². The first kappa shape index (κ1) is 5.43. The molecule has 0 saturated heterocycles. The second kappa shape index (κ2) is 2.66. The quantitative estimate of drug-likeness (QED) is 0.389. The number of nitrogens with one attached hydrogen (secondary N) is 1. The summed E-state index contributed by atoms with van der Waals surface area (Å²) in [7, 11) is 0. The number of hydrogen-bond acceptors (Lipinski definition) is 1. The van der Waals surface area contributed by atoms with Crippen LogP contribution in [0.15, 0.2) is 0 Å². The molecule has 0 saturated carbocycles. The Morgan fingerprint density at radius 3 is 1.80 bits per heavy atom. The second-order valence-corrected chi connectivity index (χ2v) is 2.87. The van der Waals surface area contributed by atoms with Crippen molar-refractivity contribution < 1.29 is 0 Å². The highest BCUT2D eigenvalue weighted by molar-refractivity contribution is 9.21. The van der Waals surface area contributed by atoms with Crippen LogP contribution < -0.4 is 0 Å². The van der Waals surface area contributed by atoms with Gasteiger partial charge in [-0.15, -0.1) is 0 Å². The maximum absolute atomic E-state index is 6.36. The zero-order valence-corrected chi connectivity index (χ0v) is 5.45. The Kier molecular flexibility index (Phi) is 2.88. The lowest BCUT2D eigenvalue weighted by Gasteiger charge is -1.87. The summed E-state index contributed by atoms with van der Waals surface area (Å²) in [5.74, 6) is 0. The SMILES string of the molecule is N=CN(Br)Br. The fraction of sp³-hybridized carbons (Fsp3) is 0. The van der Waals surface area contributed by atoms with Crippen molar-refractivity contribution in [3.05, 3.63) is 0 Å². The fourth-order valence-corrected chi connectivity index (χ4v) is 0. The van der Waals surface area contributed by atoms with Crippen molar-refractivity contribution >= 4 is 38.6 Å². The molecule has 5 heavy (non-hydrogen) atoms. The van der Waals surface area contributed by atoms with E-state index >= 15 is 0 Å². The highest BCUT2D eigenvalue weighted by Crippen LogP contribution is 1.97. The summed E-state index contributed by atoms with van der Waals surface area (Å²) in [4.78, 5) is 0. The average Bonchev–Trinajstić information content (AvgIpc) is 1.38. The van der Waals surface area contributed by atoms with E-state index < -0.39 is 0 Å². The molecular weight excluding hydrogens is 200 g/mol. The molecule has 0 amide bonds. The molecule has 30 valence electrons.